The molecule has 0 saturated carbocycles. The highest BCUT2D eigenvalue weighted by Gasteiger charge is 2.37. The minimum atomic E-state index is -0.707. The van der Waals surface area contributed by atoms with Crippen molar-refractivity contribution in [2.45, 2.75) is 44.7 Å². The van der Waals surface area contributed by atoms with Crippen LogP contribution >= 0.6 is 11.6 Å². The van der Waals surface area contributed by atoms with Crippen molar-refractivity contribution in [1.82, 2.24) is 20.5 Å². The van der Waals surface area contributed by atoms with Gasteiger partial charge in [0.05, 0.1) is 5.29 Å². The van der Waals surface area contributed by atoms with Gasteiger partial charge in [-0.1, -0.05) is 13.3 Å². The highest BCUT2D eigenvalue weighted by molar-refractivity contribution is 6.18. The standard InChI is InChI=1S/C14H24ClN5O4/c1-3-5-10(12(21)16-8-7-15)17-13(22)11-6-4-9-20(11)14(23)19(2)18-24/h10-11H,3-9H2,1-2H3,(H,16,21)(H,17,22)/t10-,11-/m0/s1. The molecule has 2 N–H and O–H groups in total. The maximum absolute atomic E-state index is 12.5. The van der Waals surface area contributed by atoms with Crippen molar-refractivity contribution in [1.29, 1.82) is 0 Å². The van der Waals surface area contributed by atoms with Gasteiger partial charge >= 0.3 is 6.03 Å². The van der Waals surface area contributed by atoms with Crippen molar-refractivity contribution in [2.24, 2.45) is 5.29 Å². The number of halogens is 1. The molecule has 0 bridgehead atoms. The molecule has 0 spiro atoms. The number of amides is 4. The third kappa shape index (κ3) is 5.33. The summed E-state index contributed by atoms with van der Waals surface area (Å²) in [6.45, 7) is 2.60. The van der Waals surface area contributed by atoms with Crippen molar-refractivity contribution in [3.8, 4) is 0 Å². The van der Waals surface area contributed by atoms with Gasteiger partial charge in [0.2, 0.25) is 11.8 Å². The molecule has 1 aliphatic heterocycles. The Labute approximate surface area is 146 Å². The fraction of sp³-hybridized carbons (Fsp3) is 0.786. The fourth-order valence-corrected chi connectivity index (χ4v) is 2.70. The van der Waals surface area contributed by atoms with Crippen LogP contribution in [0.3, 0.4) is 0 Å². The average molecular weight is 362 g/mol. The van der Waals surface area contributed by atoms with E-state index in [0.717, 1.165) is 0 Å². The largest absolute Gasteiger partial charge is 0.353 e. The van der Waals surface area contributed by atoms with Gasteiger partial charge in [0, 0.05) is 26.0 Å². The smallest absolute Gasteiger partial charge is 0.343 e. The van der Waals surface area contributed by atoms with Crippen LogP contribution in [0.1, 0.15) is 32.6 Å². The third-order valence-electron chi connectivity index (χ3n) is 3.80. The number of alkyl halides is 1. The van der Waals surface area contributed by atoms with E-state index < -0.39 is 24.0 Å². The Hall–Kier alpha value is -1.90. The lowest BCUT2D eigenvalue weighted by atomic mass is 10.1. The molecule has 10 heteroatoms. The van der Waals surface area contributed by atoms with E-state index in [4.69, 9.17) is 11.6 Å². The van der Waals surface area contributed by atoms with Gasteiger partial charge in [-0.05, 0) is 19.3 Å². The highest BCUT2D eigenvalue weighted by atomic mass is 35.5. The topological polar surface area (TPSA) is 111 Å². The van der Waals surface area contributed by atoms with Crippen molar-refractivity contribution in [2.75, 3.05) is 26.0 Å². The van der Waals surface area contributed by atoms with E-state index in [2.05, 4.69) is 15.9 Å². The van der Waals surface area contributed by atoms with E-state index in [9.17, 15) is 19.3 Å². The second-order valence-corrected chi connectivity index (χ2v) is 5.95. The second kappa shape index (κ2) is 10.1. The molecule has 1 rings (SSSR count). The minimum Gasteiger partial charge on any atom is -0.353 e. The van der Waals surface area contributed by atoms with Crippen LogP contribution in [0.4, 0.5) is 4.79 Å². The SMILES string of the molecule is CCC[C@H](NC(=O)[C@@H]1CCCN1C(=O)N(C)N=O)C(=O)NCCCl. The van der Waals surface area contributed by atoms with Crippen LogP contribution in [0.2, 0.25) is 0 Å². The molecule has 0 unspecified atom stereocenters. The summed E-state index contributed by atoms with van der Waals surface area (Å²) in [5.74, 6) is -0.415. The lowest BCUT2D eigenvalue weighted by molar-refractivity contribution is -0.131. The summed E-state index contributed by atoms with van der Waals surface area (Å²) < 4.78 is 0. The number of urea groups is 1. The van der Waals surface area contributed by atoms with Gasteiger partial charge < -0.3 is 15.5 Å². The molecule has 0 aromatic heterocycles. The zero-order valence-electron chi connectivity index (χ0n) is 14.0. The minimum absolute atomic E-state index is 0.286. The molecule has 9 nitrogen and oxygen atoms in total. The molecule has 2 atom stereocenters. The first kappa shape index (κ1) is 20.1. The molecule has 1 fully saturated rings. The Morgan fingerprint density at radius 3 is 2.71 bits per heavy atom. The molecule has 24 heavy (non-hydrogen) atoms. The molecule has 4 amide bonds. The van der Waals surface area contributed by atoms with Gasteiger partial charge in [-0.3, -0.25) is 9.59 Å². The van der Waals surface area contributed by atoms with E-state index in [1.165, 1.54) is 11.9 Å². The fourth-order valence-electron chi connectivity index (χ4n) is 2.61. The summed E-state index contributed by atoms with van der Waals surface area (Å²) >= 11 is 5.55. The van der Waals surface area contributed by atoms with E-state index in [1.807, 2.05) is 6.92 Å². The summed E-state index contributed by atoms with van der Waals surface area (Å²) in [5.41, 5.74) is 0. The van der Waals surface area contributed by atoms with Gasteiger partial charge in [0.1, 0.15) is 12.1 Å². The number of nitrogens with one attached hydrogen (secondary N) is 2. The molecular weight excluding hydrogens is 338 g/mol. The van der Waals surface area contributed by atoms with Crippen molar-refractivity contribution in [3.63, 3.8) is 0 Å². The van der Waals surface area contributed by atoms with Crippen LogP contribution in [-0.2, 0) is 9.59 Å². The molecule has 0 aromatic rings. The van der Waals surface area contributed by atoms with Gasteiger partial charge in [-0.2, -0.15) is 5.01 Å². The molecule has 1 aliphatic rings. The van der Waals surface area contributed by atoms with Crippen LogP contribution < -0.4 is 10.6 Å². The summed E-state index contributed by atoms with van der Waals surface area (Å²) in [6.07, 6.45) is 2.32. The van der Waals surface area contributed by atoms with Gasteiger partial charge in [0.15, 0.2) is 0 Å². The molecule has 136 valence electrons. The van der Waals surface area contributed by atoms with Crippen molar-refractivity contribution < 1.29 is 14.4 Å². The molecule has 0 aromatic carbocycles. The zero-order chi connectivity index (χ0) is 18.1. The number of hydrogen-bond acceptors (Lipinski definition) is 5. The predicted molar refractivity (Wildman–Crippen MR) is 89.3 cm³/mol. The van der Waals surface area contributed by atoms with Gasteiger partial charge in [-0.25, -0.2) is 4.79 Å². The van der Waals surface area contributed by atoms with Gasteiger partial charge in [0.25, 0.3) is 0 Å². The number of carbonyl (C=O) groups is 3. The monoisotopic (exact) mass is 361 g/mol. The quantitative estimate of drug-likeness (QED) is 0.379. The molecule has 1 saturated heterocycles. The van der Waals surface area contributed by atoms with E-state index in [-0.39, 0.29) is 11.8 Å². The summed E-state index contributed by atoms with van der Waals surface area (Å²) in [7, 11) is 1.24. The van der Waals surface area contributed by atoms with Crippen LogP contribution in [0.5, 0.6) is 0 Å². The Kier molecular flexibility index (Phi) is 8.45. The zero-order valence-corrected chi connectivity index (χ0v) is 14.7. The molecule has 0 aliphatic carbocycles. The number of likely N-dealkylation sites (tertiary alicyclic amines) is 1. The van der Waals surface area contributed by atoms with E-state index >= 15 is 0 Å². The number of rotatable bonds is 8. The maximum Gasteiger partial charge on any atom is 0.343 e. The number of nitroso groups, excluding NO2 is 1. The van der Waals surface area contributed by atoms with Crippen LogP contribution in [0, 0.1) is 4.91 Å². The second-order valence-electron chi connectivity index (χ2n) is 5.57. The van der Waals surface area contributed by atoms with Crippen molar-refractivity contribution >= 4 is 29.4 Å². The average Bonchev–Trinajstić information content (AvgIpc) is 3.07. The predicted octanol–water partition coefficient (Wildman–Crippen LogP) is 0.824. The lowest BCUT2D eigenvalue weighted by Gasteiger charge is -2.27. The summed E-state index contributed by atoms with van der Waals surface area (Å²) in [5, 5.41) is 8.56. The van der Waals surface area contributed by atoms with Crippen LogP contribution in [-0.4, -0.2) is 65.9 Å². The first-order valence-electron chi connectivity index (χ1n) is 7.97. The maximum atomic E-state index is 12.5. The number of hydrogen-bond donors (Lipinski definition) is 2. The molecule has 1 heterocycles. The summed E-state index contributed by atoms with van der Waals surface area (Å²) in [6, 6.07) is -2.01. The van der Waals surface area contributed by atoms with E-state index in [0.29, 0.717) is 43.8 Å². The summed E-state index contributed by atoms with van der Waals surface area (Å²) in [4.78, 5) is 48.4. The molecule has 0 radical (unpaired) electrons. The molecular formula is C14H24ClN5O4. The first-order chi connectivity index (χ1) is 11.5. The Balaban J connectivity index is 2.73. The van der Waals surface area contributed by atoms with Crippen molar-refractivity contribution in [3.05, 3.63) is 4.91 Å². The third-order valence-corrected chi connectivity index (χ3v) is 3.99. The normalized spacial score (nSPS) is 18.0. The lowest BCUT2D eigenvalue weighted by Crippen LogP contribution is -2.54. The Morgan fingerprint density at radius 2 is 2.12 bits per heavy atom. The van der Waals surface area contributed by atoms with Gasteiger partial charge in [-0.15, -0.1) is 16.5 Å². The Bertz CT molecular complexity index is 476. The Morgan fingerprint density at radius 1 is 1.42 bits per heavy atom. The number of nitrogens with zero attached hydrogens (tertiary/aromatic N) is 3. The highest BCUT2D eigenvalue weighted by Crippen LogP contribution is 2.19. The van der Waals surface area contributed by atoms with E-state index in [1.54, 1.807) is 0 Å². The number of carbonyl (C=O) groups excluding carboxylic acids is 3. The van der Waals surface area contributed by atoms with Crippen LogP contribution in [0.25, 0.3) is 0 Å². The van der Waals surface area contributed by atoms with Crippen LogP contribution in [0.15, 0.2) is 5.29 Å². The first-order valence-corrected chi connectivity index (χ1v) is 8.51.